The third-order valence-electron chi connectivity index (χ3n) is 5.39. The van der Waals surface area contributed by atoms with E-state index in [2.05, 4.69) is 28.9 Å². The van der Waals surface area contributed by atoms with Gasteiger partial charge in [0.25, 0.3) is 0 Å². The maximum atomic E-state index is 10.8. The van der Waals surface area contributed by atoms with Crippen molar-refractivity contribution in [2.75, 3.05) is 44.3 Å². The summed E-state index contributed by atoms with van der Waals surface area (Å²) in [7, 11) is 0. The van der Waals surface area contributed by atoms with Crippen molar-refractivity contribution in [2.24, 2.45) is 0 Å². The Bertz CT molecular complexity index is 778. The first kappa shape index (κ1) is 18.4. The molecule has 144 valence electrons. The molecule has 2 unspecified atom stereocenters. The first-order valence-corrected chi connectivity index (χ1v) is 9.82. The van der Waals surface area contributed by atoms with Crippen molar-refractivity contribution in [1.29, 1.82) is 0 Å². The van der Waals surface area contributed by atoms with Crippen molar-refractivity contribution in [1.82, 2.24) is 4.90 Å². The van der Waals surface area contributed by atoms with Gasteiger partial charge in [0.05, 0.1) is 5.69 Å². The number of rotatable bonds is 4. The Morgan fingerprint density at radius 1 is 1.00 bits per heavy atom. The third-order valence-corrected chi connectivity index (χ3v) is 5.61. The fraction of sp³-hybridized carbons (Fsp3) is 0.429. The predicted octanol–water partition coefficient (Wildman–Crippen LogP) is 3.36. The molecule has 0 amide bonds. The zero-order chi connectivity index (χ0) is 18.8. The summed E-state index contributed by atoms with van der Waals surface area (Å²) in [4.78, 5) is 4.40. The van der Waals surface area contributed by atoms with Gasteiger partial charge in [0.15, 0.2) is 11.5 Å². The van der Waals surface area contributed by atoms with Crippen LogP contribution in [0.25, 0.3) is 0 Å². The van der Waals surface area contributed by atoms with Crippen LogP contribution in [0.1, 0.15) is 18.4 Å². The highest BCUT2D eigenvalue weighted by molar-refractivity contribution is 6.31. The maximum absolute atomic E-state index is 10.8. The predicted molar refractivity (Wildman–Crippen MR) is 107 cm³/mol. The quantitative estimate of drug-likeness (QED) is 0.870. The van der Waals surface area contributed by atoms with E-state index >= 15 is 0 Å². The topological polar surface area (TPSA) is 45.2 Å². The number of benzene rings is 2. The van der Waals surface area contributed by atoms with Crippen LogP contribution >= 0.6 is 11.6 Å². The molecule has 2 aromatic carbocycles. The Morgan fingerprint density at radius 2 is 1.70 bits per heavy atom. The number of hydrogen-bond acceptors (Lipinski definition) is 5. The standard InChI is InChI=1S/C21H25ClN2O3/c1-15(16-5-3-2-4-6-16)21(25)24-9-7-23(8-10-24)18-13-17(22)14-19-20(18)27-12-11-26-19/h2-6,13-15,21,25H,7-12H2,1H3. The summed E-state index contributed by atoms with van der Waals surface area (Å²) in [5, 5.41) is 11.5. The second kappa shape index (κ2) is 7.97. The summed E-state index contributed by atoms with van der Waals surface area (Å²) in [6, 6.07) is 13.9. The van der Waals surface area contributed by atoms with Gasteiger partial charge in [-0.15, -0.1) is 0 Å². The molecule has 0 aromatic heterocycles. The molecule has 0 spiro atoms. The lowest BCUT2D eigenvalue weighted by atomic mass is 9.98. The molecule has 1 saturated heterocycles. The Labute approximate surface area is 165 Å². The summed E-state index contributed by atoms with van der Waals surface area (Å²) in [5.74, 6) is 1.55. The summed E-state index contributed by atoms with van der Waals surface area (Å²) < 4.78 is 11.5. The van der Waals surface area contributed by atoms with Gasteiger partial charge in [0, 0.05) is 43.2 Å². The van der Waals surface area contributed by atoms with E-state index in [1.165, 1.54) is 0 Å². The summed E-state index contributed by atoms with van der Waals surface area (Å²) in [5.41, 5.74) is 2.13. The number of halogens is 1. The van der Waals surface area contributed by atoms with Crippen LogP contribution in [-0.2, 0) is 0 Å². The molecule has 2 aromatic rings. The van der Waals surface area contributed by atoms with E-state index in [0.29, 0.717) is 24.0 Å². The van der Waals surface area contributed by atoms with Crippen LogP contribution < -0.4 is 14.4 Å². The van der Waals surface area contributed by atoms with Crippen LogP contribution in [0.2, 0.25) is 5.02 Å². The highest BCUT2D eigenvalue weighted by Crippen LogP contribution is 2.42. The lowest BCUT2D eigenvalue weighted by Gasteiger charge is -2.40. The summed E-state index contributed by atoms with van der Waals surface area (Å²) >= 11 is 6.28. The average Bonchev–Trinajstić information content (AvgIpc) is 2.73. The average molecular weight is 389 g/mol. The molecule has 0 saturated carbocycles. The van der Waals surface area contributed by atoms with Crippen LogP contribution in [-0.4, -0.2) is 55.6 Å². The second-order valence-corrected chi connectivity index (χ2v) is 7.52. The first-order valence-electron chi connectivity index (χ1n) is 9.44. The Morgan fingerprint density at radius 3 is 2.44 bits per heavy atom. The fourth-order valence-corrected chi connectivity index (χ4v) is 4.01. The van der Waals surface area contributed by atoms with Crippen molar-refractivity contribution in [3.8, 4) is 11.5 Å². The van der Waals surface area contributed by atoms with Crippen LogP contribution in [0.4, 0.5) is 5.69 Å². The van der Waals surface area contributed by atoms with Gasteiger partial charge in [-0.2, -0.15) is 0 Å². The number of anilines is 1. The minimum Gasteiger partial charge on any atom is -0.486 e. The molecule has 2 heterocycles. The van der Waals surface area contributed by atoms with Gasteiger partial charge in [-0.25, -0.2) is 0 Å². The van der Waals surface area contributed by atoms with E-state index < -0.39 is 6.23 Å². The minimum absolute atomic E-state index is 0.0633. The van der Waals surface area contributed by atoms with Crippen molar-refractivity contribution in [3.63, 3.8) is 0 Å². The number of aliphatic hydroxyl groups excluding tert-OH is 1. The monoisotopic (exact) mass is 388 g/mol. The first-order chi connectivity index (χ1) is 13.1. The van der Waals surface area contributed by atoms with Crippen molar-refractivity contribution in [2.45, 2.75) is 19.1 Å². The molecule has 1 N–H and O–H groups in total. The molecule has 2 aliphatic rings. The SMILES string of the molecule is CC(c1ccccc1)C(O)N1CCN(c2cc(Cl)cc3c2OCCO3)CC1. The zero-order valence-electron chi connectivity index (χ0n) is 15.5. The highest BCUT2D eigenvalue weighted by Gasteiger charge is 2.29. The van der Waals surface area contributed by atoms with Gasteiger partial charge in [-0.05, 0) is 11.6 Å². The number of aliphatic hydroxyl groups is 1. The normalized spacial score (nSPS) is 19.6. The lowest BCUT2D eigenvalue weighted by Crippen LogP contribution is -2.51. The zero-order valence-corrected chi connectivity index (χ0v) is 16.2. The Kier molecular flexibility index (Phi) is 5.43. The maximum Gasteiger partial charge on any atom is 0.184 e. The highest BCUT2D eigenvalue weighted by atomic mass is 35.5. The molecule has 0 aliphatic carbocycles. The number of hydrogen-bond donors (Lipinski definition) is 1. The molecule has 5 nitrogen and oxygen atoms in total. The van der Waals surface area contributed by atoms with Gasteiger partial charge in [0.2, 0.25) is 0 Å². The molecule has 6 heteroatoms. The largest absolute Gasteiger partial charge is 0.486 e. The smallest absolute Gasteiger partial charge is 0.184 e. The molecule has 27 heavy (non-hydrogen) atoms. The Hall–Kier alpha value is -1.95. The van der Waals surface area contributed by atoms with Crippen LogP contribution in [0, 0.1) is 0 Å². The van der Waals surface area contributed by atoms with E-state index in [-0.39, 0.29) is 5.92 Å². The molecule has 1 fully saturated rings. The third kappa shape index (κ3) is 3.86. The van der Waals surface area contributed by atoms with E-state index in [1.54, 1.807) is 6.07 Å². The van der Waals surface area contributed by atoms with Gasteiger partial charge < -0.3 is 19.5 Å². The number of ether oxygens (including phenoxy) is 2. The molecule has 0 radical (unpaired) electrons. The van der Waals surface area contributed by atoms with Crippen molar-refractivity contribution in [3.05, 3.63) is 53.1 Å². The second-order valence-electron chi connectivity index (χ2n) is 7.09. The Balaban J connectivity index is 1.44. The molecule has 4 rings (SSSR count). The van der Waals surface area contributed by atoms with Gasteiger partial charge in [-0.3, -0.25) is 4.90 Å². The van der Waals surface area contributed by atoms with Gasteiger partial charge in [0.1, 0.15) is 19.4 Å². The van der Waals surface area contributed by atoms with E-state index in [4.69, 9.17) is 21.1 Å². The van der Waals surface area contributed by atoms with E-state index in [0.717, 1.165) is 43.2 Å². The number of piperazine rings is 1. The van der Waals surface area contributed by atoms with Crippen molar-refractivity contribution >= 4 is 17.3 Å². The van der Waals surface area contributed by atoms with Crippen LogP contribution in [0.5, 0.6) is 11.5 Å². The molecular weight excluding hydrogens is 364 g/mol. The van der Waals surface area contributed by atoms with E-state index in [1.807, 2.05) is 24.3 Å². The number of fused-ring (bicyclic) bond motifs is 1. The molecular formula is C21H25ClN2O3. The van der Waals surface area contributed by atoms with Crippen LogP contribution in [0.15, 0.2) is 42.5 Å². The molecule has 2 atom stereocenters. The van der Waals surface area contributed by atoms with Crippen LogP contribution in [0.3, 0.4) is 0 Å². The van der Waals surface area contributed by atoms with E-state index in [9.17, 15) is 5.11 Å². The number of nitrogens with zero attached hydrogens (tertiary/aromatic N) is 2. The van der Waals surface area contributed by atoms with Gasteiger partial charge in [-0.1, -0.05) is 48.9 Å². The van der Waals surface area contributed by atoms with Gasteiger partial charge >= 0.3 is 0 Å². The molecule has 0 bridgehead atoms. The van der Waals surface area contributed by atoms with Crippen molar-refractivity contribution < 1.29 is 14.6 Å². The minimum atomic E-state index is -0.498. The fourth-order valence-electron chi connectivity index (χ4n) is 3.81. The lowest BCUT2D eigenvalue weighted by molar-refractivity contribution is -0.0160. The summed E-state index contributed by atoms with van der Waals surface area (Å²) in [6.07, 6.45) is -0.498. The summed E-state index contributed by atoms with van der Waals surface area (Å²) in [6.45, 7) is 6.33. The molecule has 2 aliphatic heterocycles.